The number of ether oxygens (including phenoxy) is 1. The van der Waals surface area contributed by atoms with E-state index in [2.05, 4.69) is 4.90 Å². The Labute approximate surface area is 125 Å². The Balaban J connectivity index is 2.65. The molecule has 0 atom stereocenters. The van der Waals surface area contributed by atoms with E-state index in [0.29, 0.717) is 30.7 Å². The van der Waals surface area contributed by atoms with Gasteiger partial charge in [-0.3, -0.25) is 5.41 Å². The third-order valence-electron chi connectivity index (χ3n) is 2.69. The minimum Gasteiger partial charge on any atom is -0.481 e. The van der Waals surface area contributed by atoms with E-state index in [9.17, 15) is 0 Å². The van der Waals surface area contributed by atoms with Gasteiger partial charge in [0.05, 0.1) is 6.61 Å². The van der Waals surface area contributed by atoms with Crippen LogP contribution in [0.3, 0.4) is 0 Å². The van der Waals surface area contributed by atoms with E-state index in [-0.39, 0.29) is 0 Å². The summed E-state index contributed by atoms with van der Waals surface area (Å²) in [6.45, 7) is 3.98. The van der Waals surface area contributed by atoms with E-state index in [0.717, 1.165) is 24.3 Å². The van der Waals surface area contributed by atoms with Crippen LogP contribution in [0.4, 0.5) is 5.69 Å². The smallest absolute Gasteiger partial charge is 0.184 e. The molecule has 1 rings (SSSR count). The molecule has 0 heterocycles. The number of nitrogens with zero attached hydrogens (tertiary/aromatic N) is 1. The maximum absolute atomic E-state index is 7.63. The number of anilines is 1. The SMILES string of the molecule is CCOC(=N)Cc1ccc(N(CCCl)CCCl)cc1. The molecule has 0 unspecified atom stereocenters. The number of alkyl halides is 2. The van der Waals surface area contributed by atoms with Crippen molar-refractivity contribution < 1.29 is 4.74 Å². The number of halogens is 2. The molecule has 0 bridgehead atoms. The second-order valence-electron chi connectivity index (χ2n) is 4.06. The molecule has 0 saturated carbocycles. The highest BCUT2D eigenvalue weighted by Gasteiger charge is 2.06. The van der Waals surface area contributed by atoms with E-state index < -0.39 is 0 Å². The van der Waals surface area contributed by atoms with Crippen molar-refractivity contribution in [3.05, 3.63) is 29.8 Å². The Kier molecular flexibility index (Phi) is 7.68. The van der Waals surface area contributed by atoms with Crippen LogP contribution in [-0.2, 0) is 11.2 Å². The van der Waals surface area contributed by atoms with Crippen LogP contribution in [0.25, 0.3) is 0 Å². The average molecular weight is 303 g/mol. The first-order valence-electron chi connectivity index (χ1n) is 6.37. The predicted molar refractivity (Wildman–Crippen MR) is 83.2 cm³/mol. The lowest BCUT2D eigenvalue weighted by Crippen LogP contribution is -2.27. The fourth-order valence-electron chi connectivity index (χ4n) is 1.81. The summed E-state index contributed by atoms with van der Waals surface area (Å²) in [5.41, 5.74) is 2.17. The molecule has 0 aromatic heterocycles. The third-order valence-corrected chi connectivity index (χ3v) is 3.03. The molecule has 0 radical (unpaired) electrons. The molecule has 0 aliphatic rings. The maximum atomic E-state index is 7.63. The molecule has 1 aromatic carbocycles. The van der Waals surface area contributed by atoms with Crippen LogP contribution < -0.4 is 4.90 Å². The zero-order chi connectivity index (χ0) is 14.1. The van der Waals surface area contributed by atoms with Crippen molar-refractivity contribution in [3.63, 3.8) is 0 Å². The van der Waals surface area contributed by atoms with Crippen molar-refractivity contribution >= 4 is 34.8 Å². The minimum absolute atomic E-state index is 0.300. The lowest BCUT2D eigenvalue weighted by molar-refractivity contribution is 0.317. The van der Waals surface area contributed by atoms with E-state index in [1.54, 1.807) is 0 Å². The number of nitrogens with one attached hydrogen (secondary N) is 1. The fraction of sp³-hybridized carbons (Fsp3) is 0.500. The van der Waals surface area contributed by atoms with Gasteiger partial charge in [0.15, 0.2) is 5.90 Å². The Morgan fingerprint density at radius 3 is 2.21 bits per heavy atom. The van der Waals surface area contributed by atoms with Crippen molar-refractivity contribution in [2.45, 2.75) is 13.3 Å². The summed E-state index contributed by atoms with van der Waals surface area (Å²) in [5.74, 6) is 1.45. The summed E-state index contributed by atoms with van der Waals surface area (Å²) in [4.78, 5) is 2.15. The predicted octanol–water partition coefficient (Wildman–Crippen LogP) is 3.53. The Bertz CT molecular complexity index is 376. The van der Waals surface area contributed by atoms with Gasteiger partial charge in [-0.25, -0.2) is 0 Å². The van der Waals surface area contributed by atoms with Crippen LogP contribution in [0.2, 0.25) is 0 Å². The molecule has 0 fully saturated rings. The topological polar surface area (TPSA) is 36.3 Å². The molecule has 0 saturated heterocycles. The van der Waals surface area contributed by atoms with Gasteiger partial charge in [-0.15, -0.1) is 23.2 Å². The average Bonchev–Trinajstić information content (AvgIpc) is 2.40. The molecule has 106 valence electrons. The summed E-state index contributed by atoms with van der Waals surface area (Å²) in [6, 6.07) is 8.10. The molecule has 0 amide bonds. The normalized spacial score (nSPS) is 10.3. The van der Waals surface area contributed by atoms with Crippen LogP contribution in [0.15, 0.2) is 24.3 Å². The molecule has 19 heavy (non-hydrogen) atoms. The standard InChI is InChI=1S/C14H20Cl2N2O/c1-2-19-14(17)11-12-3-5-13(6-4-12)18(9-7-15)10-8-16/h3-6,17H,2,7-11H2,1H3. The highest BCUT2D eigenvalue weighted by molar-refractivity contribution is 6.18. The summed E-state index contributed by atoms with van der Waals surface area (Å²) >= 11 is 11.6. The first-order valence-corrected chi connectivity index (χ1v) is 7.44. The fourth-order valence-corrected chi connectivity index (χ4v) is 2.22. The second kappa shape index (κ2) is 9.05. The van der Waals surface area contributed by atoms with E-state index >= 15 is 0 Å². The van der Waals surface area contributed by atoms with Crippen LogP contribution in [-0.4, -0.2) is 37.4 Å². The number of benzene rings is 1. The van der Waals surface area contributed by atoms with Crippen molar-refractivity contribution in [1.82, 2.24) is 0 Å². The molecule has 1 N–H and O–H groups in total. The van der Waals surface area contributed by atoms with Gasteiger partial charge in [-0.2, -0.15) is 0 Å². The molecule has 5 heteroatoms. The maximum Gasteiger partial charge on any atom is 0.184 e. The summed E-state index contributed by atoms with van der Waals surface area (Å²) in [6.07, 6.45) is 0.527. The quantitative estimate of drug-likeness (QED) is 0.453. The lowest BCUT2D eigenvalue weighted by Gasteiger charge is -2.23. The Morgan fingerprint density at radius 2 is 1.74 bits per heavy atom. The van der Waals surface area contributed by atoms with Crippen LogP contribution >= 0.6 is 23.2 Å². The first-order chi connectivity index (χ1) is 9.21. The molecule has 0 aliphatic carbocycles. The third kappa shape index (κ3) is 5.70. The molecular weight excluding hydrogens is 283 g/mol. The van der Waals surface area contributed by atoms with Crippen molar-refractivity contribution in [1.29, 1.82) is 5.41 Å². The van der Waals surface area contributed by atoms with Gasteiger partial charge in [0.1, 0.15) is 0 Å². The van der Waals surface area contributed by atoms with Crippen LogP contribution in [0, 0.1) is 5.41 Å². The molecule has 0 spiro atoms. The Hall–Kier alpha value is -0.930. The molecule has 1 aromatic rings. The first kappa shape index (κ1) is 16.1. The minimum atomic E-state index is 0.300. The summed E-state index contributed by atoms with van der Waals surface area (Å²) in [7, 11) is 0. The zero-order valence-corrected chi connectivity index (χ0v) is 12.7. The van der Waals surface area contributed by atoms with Crippen molar-refractivity contribution in [2.24, 2.45) is 0 Å². The van der Waals surface area contributed by atoms with Crippen LogP contribution in [0.1, 0.15) is 12.5 Å². The second-order valence-corrected chi connectivity index (χ2v) is 4.82. The molecule has 0 aliphatic heterocycles. The number of hydrogen-bond donors (Lipinski definition) is 1. The number of rotatable bonds is 8. The van der Waals surface area contributed by atoms with Gasteiger partial charge in [0, 0.05) is 37.0 Å². The zero-order valence-electron chi connectivity index (χ0n) is 11.2. The van der Waals surface area contributed by atoms with Gasteiger partial charge < -0.3 is 9.64 Å². The van der Waals surface area contributed by atoms with Gasteiger partial charge in [0.2, 0.25) is 0 Å². The van der Waals surface area contributed by atoms with Gasteiger partial charge in [-0.05, 0) is 24.6 Å². The molecular formula is C14H20Cl2N2O. The van der Waals surface area contributed by atoms with Crippen LogP contribution in [0.5, 0.6) is 0 Å². The molecule has 3 nitrogen and oxygen atoms in total. The lowest BCUT2D eigenvalue weighted by atomic mass is 10.1. The van der Waals surface area contributed by atoms with Gasteiger partial charge in [0.25, 0.3) is 0 Å². The largest absolute Gasteiger partial charge is 0.481 e. The monoisotopic (exact) mass is 302 g/mol. The van der Waals surface area contributed by atoms with Gasteiger partial charge >= 0.3 is 0 Å². The highest BCUT2D eigenvalue weighted by Crippen LogP contribution is 2.16. The summed E-state index contributed by atoms with van der Waals surface area (Å²) in [5, 5.41) is 7.63. The highest BCUT2D eigenvalue weighted by atomic mass is 35.5. The van der Waals surface area contributed by atoms with Crippen molar-refractivity contribution in [2.75, 3.05) is 36.4 Å². The number of hydrogen-bond acceptors (Lipinski definition) is 3. The van der Waals surface area contributed by atoms with E-state index in [1.807, 2.05) is 31.2 Å². The Morgan fingerprint density at radius 1 is 1.16 bits per heavy atom. The van der Waals surface area contributed by atoms with E-state index in [1.165, 1.54) is 0 Å². The van der Waals surface area contributed by atoms with Gasteiger partial charge in [-0.1, -0.05) is 12.1 Å². The van der Waals surface area contributed by atoms with Crippen molar-refractivity contribution in [3.8, 4) is 0 Å². The summed E-state index contributed by atoms with van der Waals surface area (Å²) < 4.78 is 5.14. The van der Waals surface area contributed by atoms with E-state index in [4.69, 9.17) is 33.3 Å².